The highest BCUT2D eigenvalue weighted by molar-refractivity contribution is 5.92. The van der Waals surface area contributed by atoms with Gasteiger partial charge in [-0.2, -0.15) is 0 Å². The largest absolute Gasteiger partial charge is 0.457 e. The van der Waals surface area contributed by atoms with Crippen LogP contribution in [0.4, 0.5) is 4.79 Å². The molecule has 5 nitrogen and oxygen atoms in total. The molecular weight excluding hydrogens is 266 g/mol. The summed E-state index contributed by atoms with van der Waals surface area (Å²) in [4.78, 5) is 15.9. The predicted octanol–water partition coefficient (Wildman–Crippen LogP) is 3.41. The first kappa shape index (κ1) is 13.2. The van der Waals surface area contributed by atoms with Gasteiger partial charge < -0.3 is 10.1 Å². The lowest BCUT2D eigenvalue weighted by Gasteiger charge is -2.07. The molecule has 0 unspecified atom stereocenters. The van der Waals surface area contributed by atoms with Gasteiger partial charge >= 0.3 is 6.03 Å². The Hall–Kier alpha value is -2.82. The van der Waals surface area contributed by atoms with Crippen molar-refractivity contribution in [3.8, 4) is 11.5 Å². The second-order valence-electron chi connectivity index (χ2n) is 4.53. The fourth-order valence-corrected chi connectivity index (χ4v) is 2.14. The van der Waals surface area contributed by atoms with Gasteiger partial charge in [0, 0.05) is 30.5 Å². The minimum Gasteiger partial charge on any atom is -0.457 e. The molecule has 21 heavy (non-hydrogen) atoms. The molecule has 0 radical (unpaired) electrons. The maximum Gasteiger partial charge on any atom is 0.326 e. The smallest absolute Gasteiger partial charge is 0.326 e. The summed E-state index contributed by atoms with van der Waals surface area (Å²) in [6.45, 7) is 2.49. The Labute approximate surface area is 122 Å². The third-order valence-corrected chi connectivity index (χ3v) is 3.09. The number of carbonyl (C=O) groups excluding carboxylic acids is 1. The number of hydrogen-bond donors (Lipinski definition) is 1. The summed E-state index contributed by atoms with van der Waals surface area (Å²) in [5.74, 6) is 1.45. The third kappa shape index (κ3) is 2.72. The second kappa shape index (κ2) is 5.66. The van der Waals surface area contributed by atoms with Gasteiger partial charge in [-0.15, -0.1) is 0 Å². The topological polar surface area (TPSA) is 56.2 Å². The Bertz CT molecular complexity index is 766. The van der Waals surface area contributed by atoms with E-state index in [1.54, 1.807) is 35.3 Å². The van der Waals surface area contributed by atoms with Gasteiger partial charge in [0.15, 0.2) is 0 Å². The van der Waals surface area contributed by atoms with E-state index in [9.17, 15) is 4.79 Å². The number of hydrogen-bond acceptors (Lipinski definition) is 3. The van der Waals surface area contributed by atoms with Crippen molar-refractivity contribution in [3.05, 3.63) is 55.0 Å². The number of ether oxygens (including phenoxy) is 1. The summed E-state index contributed by atoms with van der Waals surface area (Å²) in [6, 6.07) is 11.0. The molecule has 2 heterocycles. The van der Waals surface area contributed by atoms with Gasteiger partial charge in [-0.3, -0.25) is 9.55 Å². The molecule has 2 aromatic heterocycles. The van der Waals surface area contributed by atoms with Crippen molar-refractivity contribution < 1.29 is 9.53 Å². The molecule has 3 rings (SSSR count). The zero-order chi connectivity index (χ0) is 14.7. The van der Waals surface area contributed by atoms with Gasteiger partial charge in [0.2, 0.25) is 0 Å². The summed E-state index contributed by atoms with van der Waals surface area (Å²) in [6.07, 6.45) is 5.12. The summed E-state index contributed by atoms with van der Waals surface area (Å²) < 4.78 is 7.35. The number of nitrogens with zero attached hydrogens (tertiary/aromatic N) is 2. The number of fused-ring (bicyclic) bond motifs is 1. The Morgan fingerprint density at radius 1 is 1.19 bits per heavy atom. The minimum absolute atomic E-state index is 0.129. The molecular formula is C16H15N3O2. The molecule has 0 atom stereocenters. The van der Waals surface area contributed by atoms with Gasteiger partial charge in [0.1, 0.15) is 11.5 Å². The SMILES string of the molecule is CCNC(=O)n1ccc2cc(Oc3ccncc3)ccc21. The quantitative estimate of drug-likeness (QED) is 0.800. The Balaban J connectivity index is 1.90. The minimum atomic E-state index is -0.129. The molecule has 0 fully saturated rings. The number of rotatable bonds is 3. The van der Waals surface area contributed by atoms with E-state index < -0.39 is 0 Å². The van der Waals surface area contributed by atoms with Gasteiger partial charge in [-0.25, -0.2) is 4.79 Å². The highest BCUT2D eigenvalue weighted by atomic mass is 16.5. The van der Waals surface area contributed by atoms with Crippen LogP contribution < -0.4 is 10.1 Å². The lowest BCUT2D eigenvalue weighted by atomic mass is 10.2. The molecule has 0 spiro atoms. The number of nitrogens with one attached hydrogen (secondary N) is 1. The normalized spacial score (nSPS) is 10.5. The molecule has 1 amide bonds. The Kier molecular flexibility index (Phi) is 3.55. The molecule has 3 aromatic rings. The van der Waals surface area contributed by atoms with Crippen LogP contribution in [0.1, 0.15) is 6.92 Å². The van der Waals surface area contributed by atoms with E-state index in [-0.39, 0.29) is 6.03 Å². The fourth-order valence-electron chi connectivity index (χ4n) is 2.14. The van der Waals surface area contributed by atoms with E-state index in [1.165, 1.54) is 0 Å². The van der Waals surface area contributed by atoms with Crippen LogP contribution in [0.25, 0.3) is 10.9 Å². The number of carbonyl (C=O) groups is 1. The number of aromatic nitrogens is 2. The number of pyridine rings is 1. The van der Waals surface area contributed by atoms with E-state index in [1.807, 2.05) is 31.2 Å². The average Bonchev–Trinajstić information content (AvgIpc) is 2.92. The van der Waals surface area contributed by atoms with E-state index in [4.69, 9.17) is 4.74 Å². The van der Waals surface area contributed by atoms with Crippen molar-refractivity contribution >= 4 is 16.9 Å². The summed E-state index contributed by atoms with van der Waals surface area (Å²) in [5.41, 5.74) is 0.850. The Morgan fingerprint density at radius 3 is 2.76 bits per heavy atom. The van der Waals surface area contributed by atoms with Crippen LogP contribution >= 0.6 is 0 Å². The zero-order valence-corrected chi connectivity index (χ0v) is 11.6. The van der Waals surface area contributed by atoms with Crippen LogP contribution in [0.15, 0.2) is 55.0 Å². The van der Waals surface area contributed by atoms with Crippen LogP contribution in [-0.2, 0) is 0 Å². The maximum absolute atomic E-state index is 11.9. The first-order chi connectivity index (χ1) is 10.3. The second-order valence-corrected chi connectivity index (χ2v) is 4.53. The molecule has 0 saturated heterocycles. The standard InChI is InChI=1S/C16H15N3O2/c1-2-18-16(20)19-10-7-12-11-14(3-4-15(12)19)21-13-5-8-17-9-6-13/h3-11H,2H2,1H3,(H,18,20). The van der Waals surface area contributed by atoms with Crippen LogP contribution in [0.5, 0.6) is 11.5 Å². The van der Waals surface area contributed by atoms with Gasteiger partial charge in [0.05, 0.1) is 5.52 Å². The van der Waals surface area contributed by atoms with Crippen LogP contribution in [0, 0.1) is 0 Å². The zero-order valence-electron chi connectivity index (χ0n) is 11.6. The molecule has 0 aliphatic carbocycles. The molecule has 106 valence electrons. The van der Waals surface area contributed by atoms with Gasteiger partial charge in [-0.1, -0.05) is 0 Å². The van der Waals surface area contributed by atoms with Crippen molar-refractivity contribution in [2.75, 3.05) is 6.54 Å². The van der Waals surface area contributed by atoms with Crippen molar-refractivity contribution in [2.45, 2.75) is 6.92 Å². The monoisotopic (exact) mass is 281 g/mol. The molecule has 1 N–H and O–H groups in total. The Morgan fingerprint density at radius 2 is 2.00 bits per heavy atom. The average molecular weight is 281 g/mol. The van der Waals surface area contributed by atoms with Gasteiger partial charge in [0.25, 0.3) is 0 Å². The highest BCUT2D eigenvalue weighted by Gasteiger charge is 2.08. The number of amides is 1. The van der Waals surface area contributed by atoms with E-state index >= 15 is 0 Å². The van der Waals surface area contributed by atoms with Gasteiger partial charge in [-0.05, 0) is 43.3 Å². The third-order valence-electron chi connectivity index (χ3n) is 3.09. The molecule has 0 aliphatic rings. The summed E-state index contributed by atoms with van der Waals surface area (Å²) >= 11 is 0. The first-order valence-electron chi connectivity index (χ1n) is 6.75. The van der Waals surface area contributed by atoms with E-state index in [0.29, 0.717) is 6.54 Å². The fraction of sp³-hybridized carbons (Fsp3) is 0.125. The predicted molar refractivity (Wildman–Crippen MR) is 80.7 cm³/mol. The van der Waals surface area contributed by atoms with Crippen LogP contribution in [0.2, 0.25) is 0 Å². The molecule has 0 saturated carbocycles. The number of benzene rings is 1. The molecule has 0 aliphatic heterocycles. The highest BCUT2D eigenvalue weighted by Crippen LogP contribution is 2.25. The summed E-state index contributed by atoms with van der Waals surface area (Å²) in [5, 5.41) is 3.73. The lowest BCUT2D eigenvalue weighted by molar-refractivity contribution is 0.244. The van der Waals surface area contributed by atoms with Crippen molar-refractivity contribution in [2.24, 2.45) is 0 Å². The van der Waals surface area contributed by atoms with Crippen molar-refractivity contribution in [1.29, 1.82) is 0 Å². The van der Waals surface area contributed by atoms with Crippen LogP contribution in [-0.4, -0.2) is 22.1 Å². The first-order valence-corrected chi connectivity index (χ1v) is 6.75. The molecule has 0 bridgehead atoms. The molecule has 5 heteroatoms. The van der Waals surface area contributed by atoms with E-state index in [2.05, 4.69) is 10.3 Å². The summed E-state index contributed by atoms with van der Waals surface area (Å²) in [7, 11) is 0. The lowest BCUT2D eigenvalue weighted by Crippen LogP contribution is -2.27. The van der Waals surface area contributed by atoms with Crippen molar-refractivity contribution in [3.63, 3.8) is 0 Å². The molecule has 1 aromatic carbocycles. The van der Waals surface area contributed by atoms with E-state index in [0.717, 1.165) is 22.4 Å². The maximum atomic E-state index is 11.9. The van der Waals surface area contributed by atoms with Crippen molar-refractivity contribution in [1.82, 2.24) is 14.9 Å². The van der Waals surface area contributed by atoms with Crippen LogP contribution in [0.3, 0.4) is 0 Å².